The predicted molar refractivity (Wildman–Crippen MR) is 72.1 cm³/mol. The molecule has 3 nitrogen and oxygen atoms in total. The molecule has 0 saturated carbocycles. The van der Waals surface area contributed by atoms with Gasteiger partial charge in [0.25, 0.3) is 0 Å². The Balaban J connectivity index is 2.53. The lowest BCUT2D eigenvalue weighted by atomic mass is 10.0. The number of carbonyl (C=O) groups excluding carboxylic acids is 1. The van der Waals surface area contributed by atoms with Crippen LogP contribution in [0.3, 0.4) is 0 Å². The zero-order valence-corrected chi connectivity index (χ0v) is 10.7. The number of ether oxygens (including phenoxy) is 1. The van der Waals surface area contributed by atoms with Gasteiger partial charge in [0.05, 0.1) is 5.02 Å². The second-order valence-electron chi connectivity index (χ2n) is 3.54. The molecule has 0 bridgehead atoms. The Morgan fingerprint density at radius 3 is 2.44 bits per heavy atom. The third-order valence-electron chi connectivity index (χ3n) is 2.32. The maximum Gasteiger partial charge on any atom is 0.409 e. The number of rotatable bonds is 2. The maximum atomic E-state index is 10.8. The van der Waals surface area contributed by atoms with Crippen LogP contribution in [0.4, 0.5) is 4.79 Å². The second-order valence-corrected chi connectivity index (χ2v) is 4.39. The fourth-order valence-electron chi connectivity index (χ4n) is 1.59. The van der Waals surface area contributed by atoms with E-state index in [2.05, 4.69) is 0 Å². The zero-order valence-electron chi connectivity index (χ0n) is 9.19. The van der Waals surface area contributed by atoms with Crippen LogP contribution in [-0.2, 0) is 0 Å². The van der Waals surface area contributed by atoms with E-state index in [1.54, 1.807) is 36.4 Å². The molecule has 92 valence electrons. The minimum atomic E-state index is -0.868. The first kappa shape index (κ1) is 12.7. The van der Waals surface area contributed by atoms with E-state index in [-0.39, 0.29) is 0 Å². The van der Waals surface area contributed by atoms with Gasteiger partial charge in [0, 0.05) is 16.1 Å². The molecule has 0 aromatic heterocycles. The molecule has 0 radical (unpaired) electrons. The van der Waals surface area contributed by atoms with Crippen molar-refractivity contribution >= 4 is 29.3 Å². The minimum absolute atomic E-state index is 0.356. The van der Waals surface area contributed by atoms with Crippen LogP contribution in [0.1, 0.15) is 0 Å². The SMILES string of the molecule is NC(=O)Oc1ccccc1-c1ccc(Cl)cc1Cl. The van der Waals surface area contributed by atoms with Crippen LogP contribution >= 0.6 is 23.2 Å². The number of hydrogen-bond acceptors (Lipinski definition) is 2. The molecule has 0 aliphatic rings. The highest BCUT2D eigenvalue weighted by molar-refractivity contribution is 6.36. The molecular weight excluding hydrogens is 273 g/mol. The topological polar surface area (TPSA) is 52.3 Å². The number of carbonyl (C=O) groups is 1. The van der Waals surface area contributed by atoms with Gasteiger partial charge in [-0.15, -0.1) is 0 Å². The molecule has 0 unspecified atom stereocenters. The van der Waals surface area contributed by atoms with E-state index < -0.39 is 6.09 Å². The summed E-state index contributed by atoms with van der Waals surface area (Å²) >= 11 is 12.0. The first-order chi connectivity index (χ1) is 8.58. The average Bonchev–Trinajstić information content (AvgIpc) is 2.30. The Morgan fingerprint density at radius 1 is 1.06 bits per heavy atom. The van der Waals surface area contributed by atoms with E-state index in [4.69, 9.17) is 33.7 Å². The number of hydrogen-bond donors (Lipinski definition) is 1. The standard InChI is InChI=1S/C13H9Cl2NO2/c14-8-5-6-9(11(15)7-8)10-3-1-2-4-12(10)18-13(16)17/h1-7H,(H2,16,17). The van der Waals surface area contributed by atoms with Crippen molar-refractivity contribution < 1.29 is 9.53 Å². The van der Waals surface area contributed by atoms with E-state index in [0.29, 0.717) is 21.4 Å². The molecule has 2 N–H and O–H groups in total. The summed E-state index contributed by atoms with van der Waals surface area (Å²) in [4.78, 5) is 10.8. The number of para-hydroxylation sites is 1. The van der Waals surface area contributed by atoms with Crippen molar-refractivity contribution in [2.24, 2.45) is 5.73 Å². The lowest BCUT2D eigenvalue weighted by Gasteiger charge is -2.10. The lowest BCUT2D eigenvalue weighted by Crippen LogP contribution is -2.16. The molecule has 1 amide bonds. The maximum absolute atomic E-state index is 10.8. The van der Waals surface area contributed by atoms with E-state index in [1.807, 2.05) is 6.07 Å². The van der Waals surface area contributed by atoms with E-state index >= 15 is 0 Å². The van der Waals surface area contributed by atoms with Gasteiger partial charge in [-0.2, -0.15) is 0 Å². The van der Waals surface area contributed by atoms with Crippen molar-refractivity contribution in [2.75, 3.05) is 0 Å². The zero-order chi connectivity index (χ0) is 13.1. The normalized spacial score (nSPS) is 10.1. The molecule has 0 fully saturated rings. The molecule has 0 heterocycles. The number of nitrogens with two attached hydrogens (primary N) is 1. The summed E-state index contributed by atoms with van der Waals surface area (Å²) in [6.45, 7) is 0. The first-order valence-electron chi connectivity index (χ1n) is 5.09. The van der Waals surface area contributed by atoms with Gasteiger partial charge < -0.3 is 10.5 Å². The smallest absolute Gasteiger partial charge is 0.409 e. The Hall–Kier alpha value is -1.71. The quantitative estimate of drug-likeness (QED) is 0.900. The minimum Gasteiger partial charge on any atom is -0.410 e. The first-order valence-corrected chi connectivity index (χ1v) is 5.85. The van der Waals surface area contributed by atoms with Gasteiger partial charge in [-0.1, -0.05) is 47.5 Å². The van der Waals surface area contributed by atoms with Crippen LogP contribution in [-0.4, -0.2) is 6.09 Å². The Morgan fingerprint density at radius 2 is 1.78 bits per heavy atom. The van der Waals surface area contributed by atoms with Crippen molar-refractivity contribution in [1.29, 1.82) is 0 Å². The van der Waals surface area contributed by atoms with Gasteiger partial charge in [-0.05, 0) is 18.2 Å². The highest BCUT2D eigenvalue weighted by Gasteiger charge is 2.11. The van der Waals surface area contributed by atoms with Crippen molar-refractivity contribution in [3.63, 3.8) is 0 Å². The van der Waals surface area contributed by atoms with E-state index in [9.17, 15) is 4.79 Å². The average molecular weight is 282 g/mol. The molecule has 0 spiro atoms. The van der Waals surface area contributed by atoms with E-state index in [0.717, 1.165) is 5.56 Å². The van der Waals surface area contributed by atoms with Crippen LogP contribution in [0.2, 0.25) is 10.0 Å². The van der Waals surface area contributed by atoms with Gasteiger partial charge in [0.2, 0.25) is 0 Å². The lowest BCUT2D eigenvalue weighted by molar-refractivity contribution is 0.211. The second kappa shape index (κ2) is 5.29. The summed E-state index contributed by atoms with van der Waals surface area (Å²) in [5.41, 5.74) is 6.42. The fraction of sp³-hybridized carbons (Fsp3) is 0. The van der Waals surface area contributed by atoms with Gasteiger partial charge in [0.15, 0.2) is 0 Å². The summed E-state index contributed by atoms with van der Waals surface area (Å²) in [6.07, 6.45) is -0.868. The van der Waals surface area contributed by atoms with Gasteiger partial charge >= 0.3 is 6.09 Å². The molecule has 0 saturated heterocycles. The molecule has 0 atom stereocenters. The van der Waals surface area contributed by atoms with E-state index in [1.165, 1.54) is 0 Å². The van der Waals surface area contributed by atoms with Crippen molar-refractivity contribution in [1.82, 2.24) is 0 Å². The summed E-state index contributed by atoms with van der Waals surface area (Å²) in [5, 5.41) is 1.01. The highest BCUT2D eigenvalue weighted by atomic mass is 35.5. The van der Waals surface area contributed by atoms with Crippen molar-refractivity contribution in [3.8, 4) is 16.9 Å². The summed E-state index contributed by atoms with van der Waals surface area (Å²) in [5.74, 6) is 0.356. The molecule has 2 rings (SSSR count). The van der Waals surface area contributed by atoms with Crippen LogP contribution in [0.15, 0.2) is 42.5 Å². The van der Waals surface area contributed by atoms with Crippen LogP contribution in [0.5, 0.6) is 5.75 Å². The number of amides is 1. The summed E-state index contributed by atoms with van der Waals surface area (Å²) in [7, 11) is 0. The van der Waals surface area contributed by atoms with Crippen LogP contribution in [0.25, 0.3) is 11.1 Å². The van der Waals surface area contributed by atoms with Gasteiger partial charge in [-0.3, -0.25) is 0 Å². The highest BCUT2D eigenvalue weighted by Crippen LogP contribution is 2.35. The summed E-state index contributed by atoms with van der Waals surface area (Å²) < 4.78 is 4.93. The van der Waals surface area contributed by atoms with Crippen LogP contribution in [0, 0.1) is 0 Å². The summed E-state index contributed by atoms with van der Waals surface area (Å²) in [6, 6.07) is 12.1. The van der Waals surface area contributed by atoms with Gasteiger partial charge in [0.1, 0.15) is 5.75 Å². The van der Waals surface area contributed by atoms with Crippen molar-refractivity contribution in [2.45, 2.75) is 0 Å². The number of benzene rings is 2. The third-order valence-corrected chi connectivity index (χ3v) is 2.87. The van der Waals surface area contributed by atoms with Crippen molar-refractivity contribution in [3.05, 3.63) is 52.5 Å². The Kier molecular flexibility index (Phi) is 3.75. The molecule has 2 aromatic rings. The molecule has 0 aliphatic carbocycles. The predicted octanol–water partition coefficient (Wildman–Crippen LogP) is 4.12. The monoisotopic (exact) mass is 281 g/mol. The third kappa shape index (κ3) is 2.75. The molecule has 2 aromatic carbocycles. The molecule has 5 heteroatoms. The Labute approximate surface area is 114 Å². The Bertz CT molecular complexity index is 599. The molecule has 18 heavy (non-hydrogen) atoms. The fourth-order valence-corrected chi connectivity index (χ4v) is 2.10. The van der Waals surface area contributed by atoms with Crippen LogP contribution < -0.4 is 10.5 Å². The number of primary amides is 1. The molecule has 0 aliphatic heterocycles. The number of halogens is 2. The largest absolute Gasteiger partial charge is 0.410 e. The van der Waals surface area contributed by atoms with Gasteiger partial charge in [-0.25, -0.2) is 4.79 Å². The molecular formula is C13H9Cl2NO2.